The first kappa shape index (κ1) is 21.9. The van der Waals surface area contributed by atoms with Crippen LogP contribution in [0, 0.1) is 11.3 Å². The Morgan fingerprint density at radius 1 is 1.03 bits per heavy atom. The van der Waals surface area contributed by atoms with Crippen molar-refractivity contribution in [3.05, 3.63) is 105 Å². The molecule has 0 spiro atoms. The number of aromatic nitrogens is 3. The molecular weight excluding hydrogens is 443 g/mol. The highest BCUT2D eigenvalue weighted by molar-refractivity contribution is 5.43. The van der Waals surface area contributed by atoms with Gasteiger partial charge in [-0.3, -0.25) is 14.3 Å². The molecule has 0 fully saturated rings. The lowest BCUT2D eigenvalue weighted by Crippen LogP contribution is -2.39. The topological polar surface area (TPSA) is 66.3 Å². The van der Waals surface area contributed by atoms with Gasteiger partial charge in [0.1, 0.15) is 5.65 Å². The first-order chi connectivity index (χ1) is 16.3. The van der Waals surface area contributed by atoms with Gasteiger partial charge >= 0.3 is 6.18 Å². The maximum atomic E-state index is 13.5. The van der Waals surface area contributed by atoms with Crippen molar-refractivity contribution in [2.24, 2.45) is 0 Å². The molecule has 9 heteroatoms. The molecule has 3 heterocycles. The molecule has 0 N–H and O–H groups in total. The summed E-state index contributed by atoms with van der Waals surface area (Å²) in [6.45, 7) is 1.91. The molecule has 0 unspecified atom stereocenters. The number of nitriles is 1. The fourth-order valence-corrected chi connectivity index (χ4v) is 4.48. The average Bonchev–Trinajstić information content (AvgIpc) is 3.31. The Bertz CT molecular complexity index is 1460. The van der Waals surface area contributed by atoms with Crippen molar-refractivity contribution in [2.45, 2.75) is 32.2 Å². The van der Waals surface area contributed by atoms with Crippen molar-refractivity contribution >= 4 is 5.65 Å². The van der Waals surface area contributed by atoms with Crippen LogP contribution in [0.1, 0.15) is 33.5 Å². The lowest BCUT2D eigenvalue weighted by Gasteiger charge is -2.29. The van der Waals surface area contributed by atoms with Crippen LogP contribution in [0.3, 0.4) is 0 Å². The third-order valence-electron chi connectivity index (χ3n) is 6.14. The molecule has 0 saturated heterocycles. The smallest absolute Gasteiger partial charge is 0.294 e. The van der Waals surface area contributed by atoms with Gasteiger partial charge in [0, 0.05) is 32.1 Å². The van der Waals surface area contributed by atoms with Crippen molar-refractivity contribution in [1.29, 1.82) is 5.26 Å². The standard InChI is InChI=1S/C25H20F3N5O/c26-25(27,28)20-6-4-17(5-7-20)15-32-23-8-10-30-33(23)22-9-11-31(16-21(22)24(32)34)14-19-3-1-2-18(12-19)13-29/h1-8,10,12H,9,11,14-16H2. The Kier molecular flexibility index (Phi) is 5.46. The monoisotopic (exact) mass is 463 g/mol. The predicted molar refractivity (Wildman–Crippen MR) is 119 cm³/mol. The highest BCUT2D eigenvalue weighted by atomic mass is 19.4. The molecule has 0 saturated carbocycles. The van der Waals surface area contributed by atoms with Crippen molar-refractivity contribution < 1.29 is 13.2 Å². The van der Waals surface area contributed by atoms with Gasteiger partial charge in [0.15, 0.2) is 0 Å². The summed E-state index contributed by atoms with van der Waals surface area (Å²) in [7, 11) is 0. The van der Waals surface area contributed by atoms with E-state index in [9.17, 15) is 18.0 Å². The summed E-state index contributed by atoms with van der Waals surface area (Å²) in [6.07, 6.45) is -2.14. The first-order valence-electron chi connectivity index (χ1n) is 10.8. The van der Waals surface area contributed by atoms with Gasteiger partial charge in [0.05, 0.1) is 41.2 Å². The highest BCUT2D eigenvalue weighted by Crippen LogP contribution is 2.29. The maximum Gasteiger partial charge on any atom is 0.416 e. The number of hydrogen-bond donors (Lipinski definition) is 0. The van der Waals surface area contributed by atoms with E-state index in [-0.39, 0.29) is 12.1 Å². The number of nitrogens with zero attached hydrogens (tertiary/aromatic N) is 5. The zero-order chi connectivity index (χ0) is 23.9. The molecule has 172 valence electrons. The summed E-state index contributed by atoms with van der Waals surface area (Å²) in [5, 5.41) is 13.6. The molecule has 1 aliphatic rings. The quantitative estimate of drug-likeness (QED) is 0.459. The second-order valence-electron chi connectivity index (χ2n) is 8.39. The highest BCUT2D eigenvalue weighted by Gasteiger charge is 2.30. The van der Waals surface area contributed by atoms with Crippen LogP contribution in [0.4, 0.5) is 13.2 Å². The molecule has 6 nitrogen and oxygen atoms in total. The van der Waals surface area contributed by atoms with Gasteiger partial charge < -0.3 is 0 Å². The van der Waals surface area contributed by atoms with Crippen molar-refractivity contribution in [1.82, 2.24) is 19.1 Å². The molecule has 34 heavy (non-hydrogen) atoms. The second-order valence-corrected chi connectivity index (χ2v) is 8.39. The third kappa shape index (κ3) is 4.08. The fraction of sp³-hybridized carbons (Fsp3) is 0.240. The second kappa shape index (κ2) is 8.47. The number of halogens is 3. The molecule has 0 bridgehead atoms. The normalized spacial score (nSPS) is 14.2. The molecule has 2 aromatic carbocycles. The van der Waals surface area contributed by atoms with Crippen molar-refractivity contribution in [2.75, 3.05) is 6.54 Å². The number of benzene rings is 2. The summed E-state index contributed by atoms with van der Waals surface area (Å²) in [6, 6.07) is 16.1. The molecule has 4 aromatic rings. The largest absolute Gasteiger partial charge is 0.416 e. The molecule has 0 amide bonds. The Balaban J connectivity index is 1.47. The van der Waals surface area contributed by atoms with Crippen LogP contribution in [0.2, 0.25) is 0 Å². The molecule has 5 rings (SSSR count). The third-order valence-corrected chi connectivity index (χ3v) is 6.14. The first-order valence-corrected chi connectivity index (χ1v) is 10.8. The molecule has 0 radical (unpaired) electrons. The number of hydrogen-bond acceptors (Lipinski definition) is 4. The van der Waals surface area contributed by atoms with Crippen LogP contribution in [0.5, 0.6) is 0 Å². The summed E-state index contributed by atoms with van der Waals surface area (Å²) < 4.78 is 42.1. The van der Waals surface area contributed by atoms with E-state index in [0.717, 1.165) is 29.9 Å². The Morgan fingerprint density at radius 3 is 2.56 bits per heavy atom. The molecule has 0 aliphatic carbocycles. The summed E-state index contributed by atoms with van der Waals surface area (Å²) >= 11 is 0. The zero-order valence-corrected chi connectivity index (χ0v) is 18.1. The number of fused-ring (bicyclic) bond motifs is 3. The summed E-state index contributed by atoms with van der Waals surface area (Å²) in [4.78, 5) is 15.7. The summed E-state index contributed by atoms with van der Waals surface area (Å²) in [5.41, 5.74) is 3.39. The van der Waals surface area contributed by atoms with Gasteiger partial charge in [-0.1, -0.05) is 24.3 Å². The van der Waals surface area contributed by atoms with Crippen molar-refractivity contribution in [3.8, 4) is 6.07 Å². The van der Waals surface area contributed by atoms with Gasteiger partial charge in [-0.2, -0.15) is 23.5 Å². The number of rotatable bonds is 4. The Labute approximate surface area is 193 Å². The maximum absolute atomic E-state index is 13.5. The van der Waals surface area contributed by atoms with Gasteiger partial charge in [0.2, 0.25) is 0 Å². The van der Waals surface area contributed by atoms with Crippen LogP contribution in [-0.4, -0.2) is 25.6 Å². The van der Waals surface area contributed by atoms with E-state index in [0.29, 0.717) is 41.8 Å². The van der Waals surface area contributed by atoms with E-state index in [1.807, 2.05) is 18.2 Å². The van der Waals surface area contributed by atoms with Crippen LogP contribution in [0.15, 0.2) is 65.6 Å². The van der Waals surface area contributed by atoms with Gasteiger partial charge in [-0.15, -0.1) is 0 Å². The Hall–Kier alpha value is -3.90. The molecule has 0 atom stereocenters. The Morgan fingerprint density at radius 2 is 1.82 bits per heavy atom. The van der Waals surface area contributed by atoms with Crippen molar-refractivity contribution in [3.63, 3.8) is 0 Å². The average molecular weight is 463 g/mol. The van der Waals surface area contributed by atoms with Crippen LogP contribution >= 0.6 is 0 Å². The van der Waals surface area contributed by atoms with Gasteiger partial charge in [0.25, 0.3) is 5.56 Å². The van der Waals surface area contributed by atoms with E-state index in [4.69, 9.17) is 5.26 Å². The van der Waals surface area contributed by atoms with E-state index >= 15 is 0 Å². The minimum absolute atomic E-state index is 0.143. The molecule has 2 aromatic heterocycles. The minimum Gasteiger partial charge on any atom is -0.294 e. The van der Waals surface area contributed by atoms with E-state index in [2.05, 4.69) is 16.1 Å². The molecule has 1 aliphatic heterocycles. The van der Waals surface area contributed by atoms with E-state index in [1.165, 1.54) is 12.1 Å². The predicted octanol–water partition coefficient (Wildman–Crippen LogP) is 3.99. The van der Waals surface area contributed by atoms with E-state index < -0.39 is 11.7 Å². The zero-order valence-electron chi connectivity index (χ0n) is 18.1. The summed E-state index contributed by atoms with van der Waals surface area (Å²) in [5.74, 6) is 0. The lowest BCUT2D eigenvalue weighted by atomic mass is 10.0. The molecular formula is C25H20F3N5O. The number of alkyl halides is 3. The van der Waals surface area contributed by atoms with E-state index in [1.54, 1.807) is 27.4 Å². The SMILES string of the molecule is N#Cc1cccc(CN2CCc3c(c(=O)n(Cc4ccc(C(F)(F)F)cc4)c4ccnn34)C2)c1. The minimum atomic E-state index is -4.41. The van der Waals surface area contributed by atoms with Gasteiger partial charge in [-0.25, -0.2) is 4.52 Å². The fourth-order valence-electron chi connectivity index (χ4n) is 4.48. The van der Waals surface area contributed by atoms with Crippen LogP contribution < -0.4 is 5.56 Å². The lowest BCUT2D eigenvalue weighted by molar-refractivity contribution is -0.137. The van der Waals surface area contributed by atoms with Crippen LogP contribution in [0.25, 0.3) is 5.65 Å². The van der Waals surface area contributed by atoms with Gasteiger partial charge in [-0.05, 0) is 35.4 Å². The van der Waals surface area contributed by atoms with Crippen LogP contribution in [-0.2, 0) is 32.2 Å².